The fourth-order valence-corrected chi connectivity index (χ4v) is 4.40. The molecule has 2 heterocycles. The normalized spacial score (nSPS) is 33.2. The third-order valence-corrected chi connectivity index (χ3v) is 5.24. The molecule has 2 atom stereocenters. The van der Waals surface area contributed by atoms with Gasteiger partial charge in [0.2, 0.25) is 0 Å². The largest absolute Gasteiger partial charge is 0.376 e. The molecule has 2 unspecified atom stereocenters. The maximum absolute atomic E-state index is 6.20. The summed E-state index contributed by atoms with van der Waals surface area (Å²) in [5.41, 5.74) is 1.73. The van der Waals surface area contributed by atoms with Gasteiger partial charge in [-0.05, 0) is 62.8 Å². The number of hydrogen-bond donors (Lipinski definition) is 1. The number of rotatable bonds is 1. The lowest BCUT2D eigenvalue weighted by Crippen LogP contribution is -2.51. The van der Waals surface area contributed by atoms with Crippen molar-refractivity contribution in [3.63, 3.8) is 0 Å². The van der Waals surface area contributed by atoms with Gasteiger partial charge in [-0.25, -0.2) is 0 Å². The average molecular weight is 294 g/mol. The predicted molar refractivity (Wildman–Crippen MR) is 83.4 cm³/mol. The van der Waals surface area contributed by atoms with Crippen molar-refractivity contribution >= 4 is 11.6 Å². The van der Waals surface area contributed by atoms with Crippen LogP contribution in [0.25, 0.3) is 0 Å². The Hall–Kier alpha value is -0.570. The third-order valence-electron chi connectivity index (χ3n) is 5.01. The summed E-state index contributed by atoms with van der Waals surface area (Å²) in [6.45, 7) is 7.50. The van der Waals surface area contributed by atoms with Crippen molar-refractivity contribution in [1.29, 1.82) is 0 Å². The zero-order chi connectivity index (χ0) is 14.2. The zero-order valence-corrected chi connectivity index (χ0v) is 13.2. The first-order valence-electron chi connectivity index (χ1n) is 7.61. The Labute approximate surface area is 126 Å². The van der Waals surface area contributed by atoms with Crippen molar-refractivity contribution in [3.05, 3.63) is 34.9 Å². The van der Waals surface area contributed by atoms with E-state index in [1.807, 2.05) is 6.07 Å². The Morgan fingerprint density at radius 3 is 2.90 bits per heavy atom. The van der Waals surface area contributed by atoms with Crippen LogP contribution >= 0.6 is 11.6 Å². The van der Waals surface area contributed by atoms with Gasteiger partial charge < -0.3 is 10.1 Å². The zero-order valence-electron chi connectivity index (χ0n) is 12.4. The fourth-order valence-electron chi connectivity index (χ4n) is 4.20. The van der Waals surface area contributed by atoms with E-state index in [9.17, 15) is 0 Å². The summed E-state index contributed by atoms with van der Waals surface area (Å²) in [6.07, 6.45) is 3.53. The second-order valence-corrected chi connectivity index (χ2v) is 7.40. The second-order valence-electron chi connectivity index (χ2n) is 6.96. The topological polar surface area (TPSA) is 21.3 Å². The first-order chi connectivity index (χ1) is 9.51. The minimum absolute atomic E-state index is 0.00752. The molecule has 2 aliphatic rings. The summed E-state index contributed by atoms with van der Waals surface area (Å²) in [5, 5.41) is 4.41. The van der Waals surface area contributed by atoms with Gasteiger partial charge in [-0.1, -0.05) is 23.7 Å². The van der Waals surface area contributed by atoms with Crippen LogP contribution in [0.5, 0.6) is 0 Å². The SMILES string of the molecule is CC1(C)CC2(CCNCC2c2cccc(Cl)c2)CCO1. The van der Waals surface area contributed by atoms with Crippen LogP contribution in [-0.2, 0) is 4.74 Å². The Balaban J connectivity index is 1.94. The highest BCUT2D eigenvalue weighted by Gasteiger charge is 2.47. The summed E-state index contributed by atoms with van der Waals surface area (Å²) in [6, 6.07) is 8.41. The molecule has 1 spiro atoms. The van der Waals surface area contributed by atoms with Crippen LogP contribution < -0.4 is 5.32 Å². The molecule has 20 heavy (non-hydrogen) atoms. The Morgan fingerprint density at radius 2 is 2.15 bits per heavy atom. The molecule has 2 fully saturated rings. The molecular weight excluding hydrogens is 270 g/mol. The van der Waals surface area contributed by atoms with E-state index in [4.69, 9.17) is 16.3 Å². The molecule has 1 N–H and O–H groups in total. The molecule has 2 nitrogen and oxygen atoms in total. The molecule has 110 valence electrons. The summed E-state index contributed by atoms with van der Waals surface area (Å²) >= 11 is 6.20. The molecular formula is C17H24ClNO. The molecule has 2 saturated heterocycles. The van der Waals surface area contributed by atoms with Crippen LogP contribution in [-0.4, -0.2) is 25.3 Å². The maximum Gasteiger partial charge on any atom is 0.0632 e. The Morgan fingerprint density at radius 1 is 1.30 bits per heavy atom. The lowest BCUT2D eigenvalue weighted by atomic mass is 9.60. The standard InChI is InChI=1S/C17H24ClNO/c1-16(2)12-17(7-9-20-16)6-8-19-11-15(17)13-4-3-5-14(18)10-13/h3-5,10,15,19H,6-9,11-12H2,1-2H3. The van der Waals surface area contributed by atoms with Gasteiger partial charge in [0.15, 0.2) is 0 Å². The summed E-state index contributed by atoms with van der Waals surface area (Å²) in [4.78, 5) is 0. The van der Waals surface area contributed by atoms with Crippen molar-refractivity contribution in [1.82, 2.24) is 5.32 Å². The molecule has 1 aromatic rings. The molecule has 0 amide bonds. The fraction of sp³-hybridized carbons (Fsp3) is 0.647. The van der Waals surface area contributed by atoms with E-state index in [2.05, 4.69) is 37.4 Å². The molecule has 0 radical (unpaired) electrons. The van der Waals surface area contributed by atoms with Gasteiger partial charge in [-0.3, -0.25) is 0 Å². The quantitative estimate of drug-likeness (QED) is 0.845. The van der Waals surface area contributed by atoms with E-state index >= 15 is 0 Å². The lowest BCUT2D eigenvalue weighted by Gasteiger charge is -2.52. The van der Waals surface area contributed by atoms with Crippen LogP contribution in [0, 0.1) is 5.41 Å². The van der Waals surface area contributed by atoms with Crippen LogP contribution in [0.3, 0.4) is 0 Å². The molecule has 0 saturated carbocycles. The van der Waals surface area contributed by atoms with Crippen molar-refractivity contribution in [2.75, 3.05) is 19.7 Å². The molecule has 3 rings (SSSR count). The van der Waals surface area contributed by atoms with Crippen molar-refractivity contribution < 1.29 is 4.74 Å². The highest BCUT2D eigenvalue weighted by molar-refractivity contribution is 6.30. The van der Waals surface area contributed by atoms with E-state index < -0.39 is 0 Å². The van der Waals surface area contributed by atoms with Gasteiger partial charge in [-0.15, -0.1) is 0 Å². The highest BCUT2D eigenvalue weighted by atomic mass is 35.5. The molecule has 0 aliphatic carbocycles. The number of hydrogen-bond acceptors (Lipinski definition) is 2. The van der Waals surface area contributed by atoms with Gasteiger partial charge >= 0.3 is 0 Å². The van der Waals surface area contributed by atoms with E-state index in [-0.39, 0.29) is 5.60 Å². The number of ether oxygens (including phenoxy) is 1. The average Bonchev–Trinajstić information content (AvgIpc) is 2.37. The number of nitrogens with one attached hydrogen (secondary N) is 1. The maximum atomic E-state index is 6.20. The first-order valence-corrected chi connectivity index (χ1v) is 7.99. The smallest absolute Gasteiger partial charge is 0.0632 e. The van der Waals surface area contributed by atoms with Gasteiger partial charge in [0, 0.05) is 24.1 Å². The van der Waals surface area contributed by atoms with Crippen molar-refractivity contribution in [2.45, 2.75) is 44.6 Å². The lowest BCUT2D eigenvalue weighted by molar-refractivity contribution is -0.119. The minimum atomic E-state index is -0.00752. The Kier molecular flexibility index (Phi) is 3.83. The van der Waals surface area contributed by atoms with Gasteiger partial charge in [0.1, 0.15) is 0 Å². The predicted octanol–water partition coefficient (Wildman–Crippen LogP) is 3.99. The monoisotopic (exact) mass is 293 g/mol. The molecule has 1 aromatic carbocycles. The molecule has 0 bridgehead atoms. The number of piperidine rings is 1. The van der Waals surface area contributed by atoms with E-state index in [0.717, 1.165) is 37.6 Å². The second kappa shape index (κ2) is 5.32. The molecule has 0 aromatic heterocycles. The van der Waals surface area contributed by atoms with Crippen LogP contribution in [0.1, 0.15) is 44.6 Å². The van der Waals surface area contributed by atoms with Gasteiger partial charge in [-0.2, -0.15) is 0 Å². The van der Waals surface area contributed by atoms with Gasteiger partial charge in [0.05, 0.1) is 5.60 Å². The summed E-state index contributed by atoms with van der Waals surface area (Å²) < 4.78 is 5.95. The first kappa shape index (κ1) is 14.4. The van der Waals surface area contributed by atoms with E-state index in [0.29, 0.717) is 11.3 Å². The molecule has 3 heteroatoms. The minimum Gasteiger partial charge on any atom is -0.376 e. The van der Waals surface area contributed by atoms with Crippen molar-refractivity contribution in [3.8, 4) is 0 Å². The van der Waals surface area contributed by atoms with Crippen LogP contribution in [0.15, 0.2) is 24.3 Å². The van der Waals surface area contributed by atoms with Crippen LogP contribution in [0.2, 0.25) is 5.02 Å². The van der Waals surface area contributed by atoms with E-state index in [1.54, 1.807) is 0 Å². The Bertz CT molecular complexity index is 484. The molecule has 2 aliphatic heterocycles. The van der Waals surface area contributed by atoms with Crippen molar-refractivity contribution in [2.24, 2.45) is 5.41 Å². The third kappa shape index (κ3) is 2.74. The van der Waals surface area contributed by atoms with E-state index in [1.165, 1.54) is 12.0 Å². The van der Waals surface area contributed by atoms with Crippen LogP contribution in [0.4, 0.5) is 0 Å². The number of halogens is 1. The summed E-state index contributed by atoms with van der Waals surface area (Å²) in [5.74, 6) is 0.540. The van der Waals surface area contributed by atoms with Gasteiger partial charge in [0.25, 0.3) is 0 Å². The number of benzene rings is 1. The summed E-state index contributed by atoms with van der Waals surface area (Å²) in [7, 11) is 0. The highest BCUT2D eigenvalue weighted by Crippen LogP contribution is 2.52.